The van der Waals surface area contributed by atoms with Crippen LogP contribution in [0.5, 0.6) is 0 Å². The highest BCUT2D eigenvalue weighted by molar-refractivity contribution is 5.50. The molecule has 3 N–H and O–H groups in total. The fourth-order valence-electron chi connectivity index (χ4n) is 2.35. The topological polar surface area (TPSA) is 67.1 Å². The van der Waals surface area contributed by atoms with Crippen LogP contribution in [0.4, 0.5) is 11.6 Å². The van der Waals surface area contributed by atoms with Crippen molar-refractivity contribution in [1.82, 2.24) is 9.97 Å². The van der Waals surface area contributed by atoms with Crippen LogP contribution in [0.15, 0.2) is 6.07 Å². The molecule has 1 aromatic rings. The number of hydrogen-bond donors (Lipinski definition) is 2. The number of anilines is 2. The molecule has 0 aromatic carbocycles. The van der Waals surface area contributed by atoms with E-state index in [4.69, 9.17) is 10.8 Å². The average Bonchev–Trinajstić information content (AvgIpc) is 3.28. The van der Waals surface area contributed by atoms with Gasteiger partial charge < -0.3 is 10.3 Å². The molecule has 2 fully saturated rings. The van der Waals surface area contributed by atoms with Gasteiger partial charge in [0.2, 0.25) is 0 Å². The molecule has 0 spiro atoms. The molecule has 104 valence electrons. The summed E-state index contributed by atoms with van der Waals surface area (Å²) >= 11 is 0. The second-order valence-corrected chi connectivity index (χ2v) is 6.08. The van der Waals surface area contributed by atoms with Crippen LogP contribution in [0, 0.1) is 5.92 Å². The van der Waals surface area contributed by atoms with Crippen LogP contribution in [0.1, 0.15) is 51.3 Å². The zero-order valence-electron chi connectivity index (χ0n) is 11.8. The quantitative estimate of drug-likeness (QED) is 0.607. The molecule has 3 rings (SSSR count). The van der Waals surface area contributed by atoms with Crippen molar-refractivity contribution in [2.24, 2.45) is 11.8 Å². The molecular formula is C14H23N5. The Morgan fingerprint density at radius 2 is 2.05 bits per heavy atom. The van der Waals surface area contributed by atoms with E-state index in [9.17, 15) is 0 Å². The Kier molecular flexibility index (Phi) is 3.31. The third-order valence-corrected chi connectivity index (χ3v) is 3.89. The molecule has 0 atom stereocenters. The van der Waals surface area contributed by atoms with Crippen molar-refractivity contribution in [2.45, 2.75) is 51.5 Å². The van der Waals surface area contributed by atoms with Gasteiger partial charge in [-0.1, -0.05) is 0 Å². The van der Waals surface area contributed by atoms with Gasteiger partial charge in [-0.25, -0.2) is 15.8 Å². The van der Waals surface area contributed by atoms with E-state index in [0.717, 1.165) is 29.9 Å². The molecule has 5 heteroatoms. The first-order chi connectivity index (χ1) is 9.17. The molecule has 0 saturated heterocycles. The maximum Gasteiger partial charge on any atom is 0.145 e. The molecule has 2 aliphatic rings. The minimum atomic E-state index is 0.452. The molecule has 19 heavy (non-hydrogen) atoms. The Balaban J connectivity index is 1.88. The number of nitrogens with zero attached hydrogens (tertiary/aromatic N) is 3. The monoisotopic (exact) mass is 261 g/mol. The van der Waals surface area contributed by atoms with Crippen LogP contribution < -0.4 is 16.2 Å². The molecule has 0 radical (unpaired) electrons. The SMILES string of the molecule is CC(C)N(CC1CC1)c1cc(NN)nc(C2CC2)n1. The lowest BCUT2D eigenvalue weighted by atomic mass is 10.2. The van der Waals surface area contributed by atoms with Crippen LogP contribution in [0.2, 0.25) is 0 Å². The summed E-state index contributed by atoms with van der Waals surface area (Å²) in [4.78, 5) is 11.6. The summed E-state index contributed by atoms with van der Waals surface area (Å²) in [7, 11) is 0. The van der Waals surface area contributed by atoms with Crippen molar-refractivity contribution in [3.05, 3.63) is 11.9 Å². The van der Waals surface area contributed by atoms with Crippen LogP contribution >= 0.6 is 0 Å². The van der Waals surface area contributed by atoms with Crippen molar-refractivity contribution < 1.29 is 0 Å². The van der Waals surface area contributed by atoms with E-state index in [2.05, 4.69) is 29.2 Å². The standard InChI is InChI=1S/C14H23N5/c1-9(2)19(8-10-3-4-10)13-7-12(18-15)16-14(17-13)11-5-6-11/h7,9-11H,3-6,8,15H2,1-2H3,(H,16,17,18). The molecular weight excluding hydrogens is 238 g/mol. The van der Waals surface area contributed by atoms with Crippen LogP contribution in [-0.2, 0) is 0 Å². The van der Waals surface area contributed by atoms with Gasteiger partial charge in [0.25, 0.3) is 0 Å². The zero-order chi connectivity index (χ0) is 13.4. The van der Waals surface area contributed by atoms with Gasteiger partial charge in [0.1, 0.15) is 17.5 Å². The van der Waals surface area contributed by atoms with Gasteiger partial charge in [0, 0.05) is 24.6 Å². The minimum absolute atomic E-state index is 0.452. The molecule has 0 amide bonds. The fourth-order valence-corrected chi connectivity index (χ4v) is 2.35. The van der Waals surface area contributed by atoms with Crippen molar-refractivity contribution in [3.63, 3.8) is 0 Å². The number of aromatic nitrogens is 2. The Morgan fingerprint density at radius 3 is 2.58 bits per heavy atom. The van der Waals surface area contributed by atoms with Crippen LogP contribution in [0.25, 0.3) is 0 Å². The lowest BCUT2D eigenvalue weighted by Gasteiger charge is -2.28. The molecule has 1 heterocycles. The molecule has 0 unspecified atom stereocenters. The van der Waals surface area contributed by atoms with Gasteiger partial charge >= 0.3 is 0 Å². The van der Waals surface area contributed by atoms with E-state index >= 15 is 0 Å². The predicted molar refractivity (Wildman–Crippen MR) is 77.0 cm³/mol. The fraction of sp³-hybridized carbons (Fsp3) is 0.714. The van der Waals surface area contributed by atoms with Gasteiger partial charge in [0.05, 0.1) is 0 Å². The highest BCUT2D eigenvalue weighted by Gasteiger charge is 2.30. The lowest BCUT2D eigenvalue weighted by Crippen LogP contribution is -2.34. The van der Waals surface area contributed by atoms with Crippen molar-refractivity contribution >= 4 is 11.6 Å². The van der Waals surface area contributed by atoms with Crippen molar-refractivity contribution in [3.8, 4) is 0 Å². The summed E-state index contributed by atoms with van der Waals surface area (Å²) < 4.78 is 0. The molecule has 2 saturated carbocycles. The molecule has 5 nitrogen and oxygen atoms in total. The number of nitrogens with one attached hydrogen (secondary N) is 1. The number of nitrogens with two attached hydrogens (primary N) is 1. The van der Waals surface area contributed by atoms with Crippen LogP contribution in [-0.4, -0.2) is 22.6 Å². The van der Waals surface area contributed by atoms with Gasteiger partial charge in [0.15, 0.2) is 0 Å². The first-order valence-electron chi connectivity index (χ1n) is 7.29. The van der Waals surface area contributed by atoms with E-state index in [0.29, 0.717) is 12.0 Å². The Bertz CT molecular complexity index is 451. The molecule has 0 aliphatic heterocycles. The largest absolute Gasteiger partial charge is 0.354 e. The second-order valence-electron chi connectivity index (χ2n) is 6.08. The van der Waals surface area contributed by atoms with Crippen molar-refractivity contribution in [2.75, 3.05) is 16.9 Å². The number of rotatable bonds is 6. The van der Waals surface area contributed by atoms with E-state index in [-0.39, 0.29) is 0 Å². The first kappa shape index (κ1) is 12.7. The van der Waals surface area contributed by atoms with E-state index < -0.39 is 0 Å². The maximum atomic E-state index is 5.54. The summed E-state index contributed by atoms with van der Waals surface area (Å²) in [5, 5.41) is 0. The highest BCUT2D eigenvalue weighted by Crippen LogP contribution is 2.39. The number of hydrazine groups is 1. The van der Waals surface area contributed by atoms with Gasteiger partial charge in [-0.2, -0.15) is 0 Å². The van der Waals surface area contributed by atoms with Gasteiger partial charge in [-0.3, -0.25) is 0 Å². The van der Waals surface area contributed by atoms with E-state index in [1.807, 2.05) is 6.07 Å². The summed E-state index contributed by atoms with van der Waals surface area (Å²) in [6.45, 7) is 5.54. The zero-order valence-corrected chi connectivity index (χ0v) is 11.8. The summed E-state index contributed by atoms with van der Waals surface area (Å²) in [5.41, 5.74) is 2.68. The van der Waals surface area contributed by atoms with Crippen molar-refractivity contribution in [1.29, 1.82) is 0 Å². The number of nitrogen functional groups attached to an aromatic ring is 1. The van der Waals surface area contributed by atoms with Gasteiger partial charge in [-0.05, 0) is 45.4 Å². The van der Waals surface area contributed by atoms with Crippen LogP contribution in [0.3, 0.4) is 0 Å². The van der Waals surface area contributed by atoms with E-state index in [1.165, 1.54) is 25.7 Å². The average molecular weight is 261 g/mol. The maximum absolute atomic E-state index is 5.54. The summed E-state index contributed by atoms with van der Waals surface area (Å²) in [5.74, 6) is 9.63. The normalized spacial score (nSPS) is 18.7. The lowest BCUT2D eigenvalue weighted by molar-refractivity contribution is 0.633. The molecule has 0 bridgehead atoms. The molecule has 2 aliphatic carbocycles. The summed E-state index contributed by atoms with van der Waals surface area (Å²) in [6.07, 6.45) is 5.12. The van der Waals surface area contributed by atoms with E-state index in [1.54, 1.807) is 0 Å². The minimum Gasteiger partial charge on any atom is -0.354 e. The third-order valence-electron chi connectivity index (χ3n) is 3.89. The third kappa shape index (κ3) is 2.97. The second kappa shape index (κ2) is 4.96. The predicted octanol–water partition coefficient (Wildman–Crippen LogP) is 2.26. The Morgan fingerprint density at radius 1 is 1.32 bits per heavy atom. The molecule has 1 aromatic heterocycles. The smallest absolute Gasteiger partial charge is 0.145 e. The van der Waals surface area contributed by atoms with Gasteiger partial charge in [-0.15, -0.1) is 0 Å². The Hall–Kier alpha value is -1.36. The highest BCUT2D eigenvalue weighted by atomic mass is 15.3. The first-order valence-corrected chi connectivity index (χ1v) is 7.29. The summed E-state index contributed by atoms with van der Waals surface area (Å²) in [6, 6.07) is 2.42. The number of hydrogen-bond acceptors (Lipinski definition) is 5. The Labute approximate surface area is 114 Å².